The third kappa shape index (κ3) is 5.13. The summed E-state index contributed by atoms with van der Waals surface area (Å²) in [5.41, 5.74) is 4.18. The third-order valence-corrected chi connectivity index (χ3v) is 5.99. The number of amides is 1. The maximum Gasteiger partial charge on any atom is 0.330 e. The molecule has 0 spiro atoms. The molecule has 1 amide bonds. The van der Waals surface area contributed by atoms with Crippen LogP contribution >= 0.6 is 0 Å². The number of anilines is 2. The summed E-state index contributed by atoms with van der Waals surface area (Å²) in [5.74, 6) is -0.599. The predicted octanol–water partition coefficient (Wildman–Crippen LogP) is 1.78. The van der Waals surface area contributed by atoms with Gasteiger partial charge >= 0.3 is 11.4 Å². The van der Waals surface area contributed by atoms with E-state index < -0.39 is 28.4 Å². The number of nitrogens with zero attached hydrogens (tertiary/aromatic N) is 3. The first-order chi connectivity index (χ1) is 16.7. The Morgan fingerprint density at radius 3 is 2.29 bits per heavy atom. The first-order valence-electron chi connectivity index (χ1n) is 12.0. The highest BCUT2D eigenvalue weighted by Crippen LogP contribution is 2.22. The van der Waals surface area contributed by atoms with Crippen LogP contribution in [0.25, 0.3) is 10.9 Å². The van der Waals surface area contributed by atoms with Crippen LogP contribution in [-0.4, -0.2) is 31.6 Å². The van der Waals surface area contributed by atoms with Gasteiger partial charge in [-0.15, -0.1) is 0 Å². The fourth-order valence-electron chi connectivity index (χ4n) is 4.04. The van der Waals surface area contributed by atoms with E-state index in [-0.39, 0.29) is 41.1 Å². The minimum Gasteiger partial charge on any atom is -0.383 e. The van der Waals surface area contributed by atoms with Gasteiger partial charge in [-0.2, -0.15) is 0 Å². The van der Waals surface area contributed by atoms with Gasteiger partial charge in [-0.25, -0.2) is 9.59 Å². The van der Waals surface area contributed by atoms with Gasteiger partial charge in [0.15, 0.2) is 5.69 Å². The molecule has 0 radical (unpaired) electrons. The van der Waals surface area contributed by atoms with Gasteiger partial charge in [-0.05, 0) is 38.0 Å². The summed E-state index contributed by atoms with van der Waals surface area (Å²) >= 11 is 0. The largest absolute Gasteiger partial charge is 0.383 e. The normalized spacial score (nSPS) is 11.2. The topological polar surface area (TPSA) is 156 Å². The molecule has 0 saturated carbocycles. The van der Waals surface area contributed by atoms with Crippen molar-refractivity contribution in [1.82, 2.24) is 19.1 Å². The van der Waals surface area contributed by atoms with Crippen LogP contribution in [0.15, 0.2) is 37.4 Å². The molecule has 3 rings (SSSR count). The van der Waals surface area contributed by atoms with Gasteiger partial charge < -0.3 is 15.6 Å². The second kappa shape index (κ2) is 11.0. The Kier molecular flexibility index (Phi) is 8.10. The number of nitrogen functional groups attached to an aromatic ring is 1. The van der Waals surface area contributed by atoms with E-state index in [4.69, 9.17) is 5.73 Å². The number of aromatic amines is 2. The molecule has 3 aromatic rings. The lowest BCUT2D eigenvalue weighted by Crippen LogP contribution is -2.41. The van der Waals surface area contributed by atoms with Crippen molar-refractivity contribution in [3.05, 3.63) is 65.4 Å². The van der Waals surface area contributed by atoms with Crippen molar-refractivity contribution in [3.8, 4) is 0 Å². The minimum atomic E-state index is -0.745. The molecule has 0 fully saturated rings. The predicted molar refractivity (Wildman–Crippen MR) is 136 cm³/mol. The number of rotatable bonds is 10. The molecule has 0 unspecified atom stereocenters. The molecule has 11 heteroatoms. The number of carbonyl (C=O) groups is 1. The van der Waals surface area contributed by atoms with E-state index in [0.717, 1.165) is 23.8 Å². The number of carbonyl (C=O) groups excluding carboxylic acids is 1. The molecule has 0 aliphatic rings. The van der Waals surface area contributed by atoms with E-state index in [2.05, 4.69) is 9.97 Å². The monoisotopic (exact) mass is 484 g/mol. The maximum absolute atomic E-state index is 13.6. The van der Waals surface area contributed by atoms with Crippen LogP contribution in [0.2, 0.25) is 0 Å². The first kappa shape index (κ1) is 25.7. The summed E-state index contributed by atoms with van der Waals surface area (Å²) in [6, 6.07) is 4.38. The Hall–Kier alpha value is -3.89. The summed E-state index contributed by atoms with van der Waals surface area (Å²) in [6.07, 6.45) is 3.81. The number of nitrogens with two attached hydrogens (primary N) is 1. The second-order valence-electron chi connectivity index (χ2n) is 8.40. The number of benzene rings is 1. The number of fused-ring (bicyclic) bond motifs is 1. The van der Waals surface area contributed by atoms with Gasteiger partial charge in [0.05, 0.1) is 10.9 Å². The van der Waals surface area contributed by atoms with E-state index in [9.17, 15) is 24.0 Å². The van der Waals surface area contributed by atoms with E-state index in [0.29, 0.717) is 19.4 Å². The molecular formula is C24H32N6O5. The van der Waals surface area contributed by atoms with Crippen molar-refractivity contribution < 1.29 is 4.79 Å². The lowest BCUT2D eigenvalue weighted by atomic mass is 10.1. The molecule has 11 nitrogen and oxygen atoms in total. The molecule has 1 aromatic carbocycles. The quantitative estimate of drug-likeness (QED) is 0.372. The zero-order valence-corrected chi connectivity index (χ0v) is 20.3. The zero-order valence-electron chi connectivity index (χ0n) is 20.3. The highest BCUT2D eigenvalue weighted by atomic mass is 16.2. The molecule has 0 aliphatic carbocycles. The van der Waals surface area contributed by atoms with Gasteiger partial charge in [0.1, 0.15) is 5.82 Å². The lowest BCUT2D eigenvalue weighted by Gasteiger charge is -2.25. The number of nitrogens with one attached hydrogen (secondary N) is 2. The average Bonchev–Trinajstić information content (AvgIpc) is 2.82. The van der Waals surface area contributed by atoms with Gasteiger partial charge in [-0.3, -0.25) is 28.5 Å². The summed E-state index contributed by atoms with van der Waals surface area (Å²) < 4.78 is 2.34. The summed E-state index contributed by atoms with van der Waals surface area (Å²) in [6.45, 7) is 6.40. The van der Waals surface area contributed by atoms with Crippen molar-refractivity contribution in [1.29, 1.82) is 0 Å². The van der Waals surface area contributed by atoms with Crippen molar-refractivity contribution in [2.24, 2.45) is 0 Å². The molecule has 0 atom stereocenters. The lowest BCUT2D eigenvalue weighted by molar-refractivity contribution is 0.0986. The van der Waals surface area contributed by atoms with Gasteiger partial charge in [0.25, 0.3) is 17.0 Å². The fourth-order valence-corrected chi connectivity index (χ4v) is 4.04. The number of aromatic nitrogens is 4. The van der Waals surface area contributed by atoms with E-state index in [1.165, 1.54) is 27.7 Å². The number of hydrogen-bond donors (Lipinski definition) is 3. The van der Waals surface area contributed by atoms with E-state index in [1.54, 1.807) is 6.92 Å². The van der Waals surface area contributed by atoms with Crippen LogP contribution in [0.3, 0.4) is 0 Å². The van der Waals surface area contributed by atoms with Crippen LogP contribution in [0.4, 0.5) is 11.5 Å². The van der Waals surface area contributed by atoms with Gasteiger partial charge in [0, 0.05) is 25.2 Å². The Balaban J connectivity index is 2.15. The molecule has 0 aliphatic heterocycles. The molecular weight excluding hydrogens is 452 g/mol. The van der Waals surface area contributed by atoms with E-state index in [1.807, 2.05) is 13.8 Å². The van der Waals surface area contributed by atoms with Crippen molar-refractivity contribution in [2.45, 2.75) is 66.0 Å². The number of H-pyrrole nitrogens is 2. The Morgan fingerprint density at radius 1 is 0.943 bits per heavy atom. The van der Waals surface area contributed by atoms with Crippen molar-refractivity contribution in [2.75, 3.05) is 17.2 Å². The van der Waals surface area contributed by atoms with Crippen LogP contribution < -0.4 is 33.1 Å². The van der Waals surface area contributed by atoms with Crippen LogP contribution in [0, 0.1) is 0 Å². The summed E-state index contributed by atoms with van der Waals surface area (Å²) in [7, 11) is 0. The van der Waals surface area contributed by atoms with Crippen LogP contribution in [0.5, 0.6) is 0 Å². The summed E-state index contributed by atoms with van der Waals surface area (Å²) in [4.78, 5) is 69.9. The number of hydrogen-bond acceptors (Lipinski definition) is 6. The number of unbranched alkanes of at least 4 members (excludes halogenated alkanes) is 3. The smallest absolute Gasteiger partial charge is 0.330 e. The minimum absolute atomic E-state index is 0.0722. The fraction of sp³-hybridized carbons (Fsp3) is 0.458. The highest BCUT2D eigenvalue weighted by Gasteiger charge is 2.25. The Labute approximate surface area is 201 Å². The average molecular weight is 485 g/mol. The molecule has 188 valence electrons. The first-order valence-corrected chi connectivity index (χ1v) is 12.0. The molecule has 0 bridgehead atoms. The van der Waals surface area contributed by atoms with Gasteiger partial charge in [-0.1, -0.05) is 33.1 Å². The van der Waals surface area contributed by atoms with E-state index >= 15 is 0 Å². The Morgan fingerprint density at radius 2 is 1.63 bits per heavy atom. The molecule has 2 aromatic heterocycles. The zero-order chi connectivity index (χ0) is 25.7. The standard InChI is InChI=1S/C24H32N6O5/c1-4-7-9-13-29(18-19(25)30(12-8-5-2)24(35)27-20(18)31)21(32)15-10-11-16-17(14-15)26-23(34)28(6-3)22(16)33/h10-11,14H,4-9,12-13,25H2,1-3H3,(H,26,34)(H,27,31,35). The van der Waals surface area contributed by atoms with Crippen molar-refractivity contribution in [3.63, 3.8) is 0 Å². The Bertz CT molecular complexity index is 1460. The third-order valence-electron chi connectivity index (χ3n) is 5.99. The molecule has 2 heterocycles. The van der Waals surface area contributed by atoms with Gasteiger partial charge in [0.2, 0.25) is 0 Å². The SMILES string of the molecule is CCCCCN(C(=O)c1ccc2c(=O)n(CC)c(=O)[nH]c2c1)c1c(N)n(CCCC)c(=O)[nH]c1=O. The highest BCUT2D eigenvalue weighted by molar-refractivity contribution is 6.08. The van der Waals surface area contributed by atoms with Crippen molar-refractivity contribution >= 4 is 28.3 Å². The molecule has 4 N–H and O–H groups in total. The van der Waals surface area contributed by atoms with Crippen LogP contribution in [0.1, 0.15) is 63.2 Å². The summed E-state index contributed by atoms with van der Waals surface area (Å²) in [5, 5.41) is 0.269. The molecule has 0 saturated heterocycles. The maximum atomic E-state index is 13.6. The second-order valence-corrected chi connectivity index (χ2v) is 8.40. The molecule has 35 heavy (non-hydrogen) atoms. The van der Waals surface area contributed by atoms with Crippen LogP contribution in [-0.2, 0) is 13.1 Å².